The maximum atomic E-state index is 5.82. The van der Waals surface area contributed by atoms with Crippen molar-refractivity contribution in [1.82, 2.24) is 9.97 Å². The van der Waals surface area contributed by atoms with Crippen molar-refractivity contribution in [1.29, 1.82) is 0 Å². The quantitative estimate of drug-likeness (QED) is 0.824. The van der Waals surface area contributed by atoms with Gasteiger partial charge in [-0.2, -0.15) is 0 Å². The third-order valence-corrected chi connectivity index (χ3v) is 2.66. The molecule has 6 heteroatoms. The van der Waals surface area contributed by atoms with Crippen LogP contribution in [0.5, 0.6) is 11.5 Å². The minimum absolute atomic E-state index is 0.387. The van der Waals surface area contributed by atoms with E-state index in [9.17, 15) is 0 Å². The molecule has 0 saturated heterocycles. The van der Waals surface area contributed by atoms with Crippen molar-refractivity contribution < 1.29 is 9.47 Å². The van der Waals surface area contributed by atoms with E-state index in [0.29, 0.717) is 29.9 Å². The number of hydrogen-bond acceptors (Lipinski definition) is 5. The van der Waals surface area contributed by atoms with Gasteiger partial charge in [-0.1, -0.05) is 11.6 Å². The standard InChI is InChI=1S/C14H16ClN3O2/c1-3-19-11-6-5-10(7-12(11)20-4-2)18-14-8-13(15)16-9-17-14/h5-9H,3-4H2,1-2H3,(H,16,17,18). The summed E-state index contributed by atoms with van der Waals surface area (Å²) in [6, 6.07) is 7.27. The van der Waals surface area contributed by atoms with Crippen molar-refractivity contribution in [2.24, 2.45) is 0 Å². The van der Waals surface area contributed by atoms with Gasteiger partial charge in [0.2, 0.25) is 0 Å². The summed E-state index contributed by atoms with van der Waals surface area (Å²) < 4.78 is 11.1. The summed E-state index contributed by atoms with van der Waals surface area (Å²) in [5.41, 5.74) is 0.840. The van der Waals surface area contributed by atoms with Crippen LogP contribution in [-0.2, 0) is 0 Å². The minimum Gasteiger partial charge on any atom is -0.490 e. The summed E-state index contributed by atoms with van der Waals surface area (Å²) in [7, 11) is 0. The van der Waals surface area contributed by atoms with E-state index in [1.165, 1.54) is 6.33 Å². The minimum atomic E-state index is 0.387. The molecular formula is C14H16ClN3O2. The van der Waals surface area contributed by atoms with E-state index < -0.39 is 0 Å². The van der Waals surface area contributed by atoms with E-state index in [4.69, 9.17) is 21.1 Å². The Balaban J connectivity index is 2.22. The highest BCUT2D eigenvalue weighted by atomic mass is 35.5. The van der Waals surface area contributed by atoms with Crippen LogP contribution >= 0.6 is 11.6 Å². The maximum absolute atomic E-state index is 5.82. The lowest BCUT2D eigenvalue weighted by molar-refractivity contribution is 0.288. The molecule has 0 saturated carbocycles. The summed E-state index contributed by atoms with van der Waals surface area (Å²) in [5.74, 6) is 2.04. The van der Waals surface area contributed by atoms with Gasteiger partial charge in [0.1, 0.15) is 17.3 Å². The average Bonchev–Trinajstić information content (AvgIpc) is 2.42. The van der Waals surface area contributed by atoms with E-state index >= 15 is 0 Å². The Morgan fingerprint density at radius 3 is 2.50 bits per heavy atom. The molecule has 0 fully saturated rings. The lowest BCUT2D eigenvalue weighted by Gasteiger charge is -2.13. The van der Waals surface area contributed by atoms with Gasteiger partial charge in [0, 0.05) is 17.8 Å². The number of nitrogens with one attached hydrogen (secondary N) is 1. The largest absolute Gasteiger partial charge is 0.490 e. The molecule has 0 bridgehead atoms. The van der Waals surface area contributed by atoms with Crippen LogP contribution in [0, 0.1) is 0 Å². The molecule has 0 amide bonds. The number of halogens is 1. The van der Waals surface area contributed by atoms with Crippen LogP contribution in [0.25, 0.3) is 0 Å². The highest BCUT2D eigenvalue weighted by molar-refractivity contribution is 6.29. The van der Waals surface area contributed by atoms with Crippen LogP contribution in [0.3, 0.4) is 0 Å². The summed E-state index contributed by atoms with van der Waals surface area (Å²) in [6.45, 7) is 5.03. The molecule has 1 heterocycles. The molecule has 5 nitrogen and oxygen atoms in total. The lowest BCUT2D eigenvalue weighted by Crippen LogP contribution is -2.00. The Kier molecular flexibility index (Phi) is 5.01. The fourth-order valence-electron chi connectivity index (χ4n) is 1.68. The van der Waals surface area contributed by atoms with Gasteiger partial charge in [0.25, 0.3) is 0 Å². The molecule has 0 aliphatic heterocycles. The molecule has 2 aromatic rings. The second-order valence-electron chi connectivity index (χ2n) is 3.88. The van der Waals surface area contributed by atoms with E-state index in [1.54, 1.807) is 6.07 Å². The number of ether oxygens (including phenoxy) is 2. The zero-order chi connectivity index (χ0) is 14.4. The van der Waals surface area contributed by atoms with E-state index in [2.05, 4.69) is 15.3 Å². The Bertz CT molecular complexity index is 578. The predicted molar refractivity (Wildman–Crippen MR) is 79.1 cm³/mol. The smallest absolute Gasteiger partial charge is 0.163 e. The number of aromatic nitrogens is 2. The van der Waals surface area contributed by atoms with Gasteiger partial charge in [-0.25, -0.2) is 9.97 Å². The SMILES string of the molecule is CCOc1ccc(Nc2cc(Cl)ncn2)cc1OCC. The first kappa shape index (κ1) is 14.4. The topological polar surface area (TPSA) is 56.3 Å². The van der Waals surface area contributed by atoms with Gasteiger partial charge in [-0.05, 0) is 26.0 Å². The molecule has 0 unspecified atom stereocenters. The molecular weight excluding hydrogens is 278 g/mol. The second kappa shape index (κ2) is 6.96. The van der Waals surface area contributed by atoms with Crippen LogP contribution in [0.4, 0.5) is 11.5 Å². The first-order valence-electron chi connectivity index (χ1n) is 6.37. The summed E-state index contributed by atoms with van der Waals surface area (Å²) >= 11 is 5.82. The van der Waals surface area contributed by atoms with Crippen LogP contribution in [0.15, 0.2) is 30.6 Å². The molecule has 0 spiro atoms. The Hall–Kier alpha value is -2.01. The van der Waals surface area contributed by atoms with Crippen molar-refractivity contribution in [3.05, 3.63) is 35.7 Å². The van der Waals surface area contributed by atoms with Gasteiger partial charge < -0.3 is 14.8 Å². The van der Waals surface area contributed by atoms with E-state index in [0.717, 1.165) is 11.4 Å². The molecule has 2 rings (SSSR count). The van der Waals surface area contributed by atoms with Gasteiger partial charge in [-0.3, -0.25) is 0 Å². The Morgan fingerprint density at radius 2 is 1.80 bits per heavy atom. The lowest BCUT2D eigenvalue weighted by atomic mass is 10.2. The van der Waals surface area contributed by atoms with Gasteiger partial charge in [0.05, 0.1) is 13.2 Å². The molecule has 0 atom stereocenters. The van der Waals surface area contributed by atoms with E-state index in [-0.39, 0.29) is 0 Å². The fraction of sp³-hybridized carbons (Fsp3) is 0.286. The maximum Gasteiger partial charge on any atom is 0.163 e. The third-order valence-electron chi connectivity index (χ3n) is 2.45. The van der Waals surface area contributed by atoms with Gasteiger partial charge in [0.15, 0.2) is 11.5 Å². The van der Waals surface area contributed by atoms with Gasteiger partial charge >= 0.3 is 0 Å². The number of anilines is 2. The monoisotopic (exact) mass is 293 g/mol. The second-order valence-corrected chi connectivity index (χ2v) is 4.27. The van der Waals surface area contributed by atoms with Crippen LogP contribution in [-0.4, -0.2) is 23.2 Å². The van der Waals surface area contributed by atoms with Crippen LogP contribution in [0.1, 0.15) is 13.8 Å². The highest BCUT2D eigenvalue weighted by Gasteiger charge is 2.07. The number of benzene rings is 1. The molecule has 0 aliphatic rings. The number of nitrogens with zero attached hydrogens (tertiary/aromatic N) is 2. The highest BCUT2D eigenvalue weighted by Crippen LogP contribution is 2.31. The van der Waals surface area contributed by atoms with Crippen LogP contribution < -0.4 is 14.8 Å². The molecule has 106 valence electrons. The summed E-state index contributed by atoms with van der Waals surface area (Å²) in [4.78, 5) is 7.93. The first-order chi connectivity index (χ1) is 9.72. The Labute approximate surface area is 122 Å². The van der Waals surface area contributed by atoms with Crippen molar-refractivity contribution >= 4 is 23.1 Å². The zero-order valence-corrected chi connectivity index (χ0v) is 12.1. The number of hydrogen-bond donors (Lipinski definition) is 1. The van der Waals surface area contributed by atoms with Crippen molar-refractivity contribution in [2.75, 3.05) is 18.5 Å². The zero-order valence-electron chi connectivity index (χ0n) is 11.4. The van der Waals surface area contributed by atoms with Crippen LogP contribution in [0.2, 0.25) is 5.15 Å². The molecule has 0 aliphatic carbocycles. The van der Waals surface area contributed by atoms with Crippen molar-refractivity contribution in [3.8, 4) is 11.5 Å². The molecule has 20 heavy (non-hydrogen) atoms. The molecule has 1 aromatic carbocycles. The third kappa shape index (κ3) is 3.74. The van der Waals surface area contributed by atoms with Crippen molar-refractivity contribution in [3.63, 3.8) is 0 Å². The van der Waals surface area contributed by atoms with E-state index in [1.807, 2.05) is 32.0 Å². The Morgan fingerprint density at radius 1 is 1.05 bits per heavy atom. The number of rotatable bonds is 6. The fourth-order valence-corrected chi connectivity index (χ4v) is 1.83. The summed E-state index contributed by atoms with van der Waals surface area (Å²) in [6.07, 6.45) is 1.41. The van der Waals surface area contributed by atoms with Crippen molar-refractivity contribution in [2.45, 2.75) is 13.8 Å². The normalized spacial score (nSPS) is 10.2. The average molecular weight is 294 g/mol. The first-order valence-corrected chi connectivity index (χ1v) is 6.75. The summed E-state index contributed by atoms with van der Waals surface area (Å²) in [5, 5.41) is 3.53. The molecule has 1 aromatic heterocycles. The molecule has 0 radical (unpaired) electrons. The molecule has 1 N–H and O–H groups in total. The predicted octanol–water partition coefficient (Wildman–Crippen LogP) is 3.67. The van der Waals surface area contributed by atoms with Gasteiger partial charge in [-0.15, -0.1) is 0 Å².